The Balaban J connectivity index is 3.46. The van der Waals surface area contributed by atoms with E-state index in [-0.39, 0.29) is 5.82 Å². The first-order chi connectivity index (χ1) is 5.04. The fraction of sp³-hybridized carbons (Fsp3) is 0.143. The molecule has 4 heteroatoms. The van der Waals surface area contributed by atoms with E-state index < -0.39 is 0 Å². The van der Waals surface area contributed by atoms with Gasteiger partial charge in [-0.05, 0) is 44.8 Å². The topological polar surface area (TPSA) is 26.0 Å². The summed E-state index contributed by atoms with van der Waals surface area (Å²) in [4.78, 5) is 0. The number of anilines is 1. The third-order valence-corrected chi connectivity index (χ3v) is 3.79. The van der Waals surface area contributed by atoms with Crippen LogP contribution in [0.25, 0.3) is 0 Å². The molecule has 0 aromatic heterocycles. The van der Waals surface area contributed by atoms with E-state index in [4.69, 9.17) is 5.73 Å². The van der Waals surface area contributed by atoms with Crippen molar-refractivity contribution in [2.75, 3.05) is 5.73 Å². The fourth-order valence-corrected chi connectivity index (χ4v) is 1.53. The van der Waals surface area contributed by atoms with E-state index in [1.807, 2.05) is 0 Å². The maximum Gasteiger partial charge on any atom is 0.129 e. The van der Waals surface area contributed by atoms with Crippen LogP contribution in [0, 0.1) is 12.7 Å². The van der Waals surface area contributed by atoms with Crippen molar-refractivity contribution >= 4 is 37.5 Å². The second kappa shape index (κ2) is 3.11. The largest absolute Gasteiger partial charge is 0.398 e. The number of benzene rings is 1. The van der Waals surface area contributed by atoms with Gasteiger partial charge in [-0.1, -0.05) is 0 Å². The highest BCUT2D eigenvalue weighted by molar-refractivity contribution is 9.13. The smallest absolute Gasteiger partial charge is 0.129 e. The lowest BCUT2D eigenvalue weighted by Gasteiger charge is -2.05. The second-order valence-corrected chi connectivity index (χ2v) is 3.79. The molecule has 0 unspecified atom stereocenters. The molecule has 0 fully saturated rings. The van der Waals surface area contributed by atoms with Crippen molar-refractivity contribution < 1.29 is 4.39 Å². The van der Waals surface area contributed by atoms with E-state index in [0.717, 1.165) is 0 Å². The molecule has 1 aromatic carbocycles. The molecule has 0 heterocycles. The molecule has 0 saturated carbocycles. The minimum absolute atomic E-state index is 0.294. The van der Waals surface area contributed by atoms with Crippen molar-refractivity contribution in [2.24, 2.45) is 0 Å². The molecule has 60 valence electrons. The van der Waals surface area contributed by atoms with Crippen LogP contribution in [0.4, 0.5) is 10.1 Å². The van der Waals surface area contributed by atoms with E-state index in [2.05, 4.69) is 31.9 Å². The maximum atomic E-state index is 12.9. The summed E-state index contributed by atoms with van der Waals surface area (Å²) in [6, 6.07) is 1.30. The first-order valence-corrected chi connectivity index (χ1v) is 4.52. The third-order valence-electron chi connectivity index (χ3n) is 1.42. The molecule has 1 aromatic rings. The van der Waals surface area contributed by atoms with E-state index in [1.54, 1.807) is 6.92 Å². The summed E-state index contributed by atoms with van der Waals surface area (Å²) in [6.45, 7) is 1.68. The number of nitrogens with two attached hydrogens (primary N) is 1. The molecule has 1 rings (SSSR count). The molecule has 11 heavy (non-hydrogen) atoms. The lowest BCUT2D eigenvalue weighted by atomic mass is 10.2. The predicted molar refractivity (Wildman–Crippen MR) is 50.9 cm³/mol. The van der Waals surface area contributed by atoms with Gasteiger partial charge < -0.3 is 5.73 Å². The van der Waals surface area contributed by atoms with Gasteiger partial charge in [0.2, 0.25) is 0 Å². The van der Waals surface area contributed by atoms with Gasteiger partial charge in [0.25, 0.3) is 0 Å². The summed E-state index contributed by atoms with van der Waals surface area (Å²) in [7, 11) is 0. The van der Waals surface area contributed by atoms with E-state index >= 15 is 0 Å². The molecule has 1 nitrogen and oxygen atoms in total. The van der Waals surface area contributed by atoms with Crippen molar-refractivity contribution in [1.82, 2.24) is 0 Å². The minimum atomic E-state index is -0.294. The van der Waals surface area contributed by atoms with Crippen LogP contribution in [0.15, 0.2) is 15.0 Å². The molecule has 0 aliphatic heterocycles. The molecule has 0 saturated heterocycles. The summed E-state index contributed by atoms with van der Waals surface area (Å²) in [5, 5.41) is 0. The van der Waals surface area contributed by atoms with Crippen LogP contribution in [0.3, 0.4) is 0 Å². The zero-order chi connectivity index (χ0) is 8.59. The molecule has 0 radical (unpaired) electrons. The van der Waals surface area contributed by atoms with Gasteiger partial charge in [0.15, 0.2) is 0 Å². The summed E-state index contributed by atoms with van der Waals surface area (Å²) < 4.78 is 14.3. The van der Waals surface area contributed by atoms with E-state index in [1.165, 1.54) is 6.07 Å². The Hall–Kier alpha value is -0.0900. The molecule has 2 N–H and O–H groups in total. The number of nitrogen functional groups attached to an aromatic ring is 1. The monoisotopic (exact) mass is 281 g/mol. The Morgan fingerprint density at radius 2 is 1.91 bits per heavy atom. The first kappa shape index (κ1) is 9.00. The van der Waals surface area contributed by atoms with Crippen molar-refractivity contribution in [3.05, 3.63) is 26.4 Å². The zero-order valence-corrected chi connectivity index (χ0v) is 8.96. The highest BCUT2D eigenvalue weighted by Crippen LogP contribution is 2.33. The van der Waals surface area contributed by atoms with Gasteiger partial charge >= 0.3 is 0 Å². The number of halogens is 3. The molecular formula is C7H6Br2FN. The van der Waals surface area contributed by atoms with Crippen LogP contribution >= 0.6 is 31.9 Å². The normalized spacial score (nSPS) is 10.2. The van der Waals surface area contributed by atoms with Crippen LogP contribution in [-0.4, -0.2) is 0 Å². The summed E-state index contributed by atoms with van der Waals surface area (Å²) >= 11 is 6.44. The number of rotatable bonds is 0. The Labute approximate surface area is 81.0 Å². The van der Waals surface area contributed by atoms with Crippen molar-refractivity contribution in [3.63, 3.8) is 0 Å². The van der Waals surface area contributed by atoms with E-state index in [9.17, 15) is 4.39 Å². The predicted octanol–water partition coefficient (Wildman–Crippen LogP) is 3.24. The fourth-order valence-electron chi connectivity index (χ4n) is 0.704. The number of hydrogen-bond acceptors (Lipinski definition) is 1. The van der Waals surface area contributed by atoms with Gasteiger partial charge in [-0.2, -0.15) is 0 Å². The summed E-state index contributed by atoms with van der Waals surface area (Å²) in [6.07, 6.45) is 0. The Bertz CT molecular complexity index is 273. The van der Waals surface area contributed by atoms with Crippen LogP contribution < -0.4 is 5.73 Å². The Kier molecular flexibility index (Phi) is 2.54. The van der Waals surface area contributed by atoms with Gasteiger partial charge in [-0.15, -0.1) is 0 Å². The lowest BCUT2D eigenvalue weighted by molar-refractivity contribution is 0.617. The molecule has 0 aliphatic rings. The van der Waals surface area contributed by atoms with Crippen LogP contribution in [0.2, 0.25) is 0 Å². The molecule has 0 aliphatic carbocycles. The van der Waals surface area contributed by atoms with Gasteiger partial charge in [0.1, 0.15) is 5.82 Å². The molecular weight excluding hydrogens is 277 g/mol. The summed E-state index contributed by atoms with van der Waals surface area (Å²) in [5.74, 6) is -0.294. The van der Waals surface area contributed by atoms with Crippen LogP contribution in [0.5, 0.6) is 0 Å². The van der Waals surface area contributed by atoms with Gasteiger partial charge in [0.05, 0.1) is 4.47 Å². The SMILES string of the molecule is Cc1c(F)cc(N)c(Br)c1Br. The van der Waals surface area contributed by atoms with Gasteiger partial charge in [-0.3, -0.25) is 0 Å². The second-order valence-electron chi connectivity index (χ2n) is 2.20. The highest BCUT2D eigenvalue weighted by Gasteiger charge is 2.08. The van der Waals surface area contributed by atoms with Gasteiger partial charge in [-0.25, -0.2) is 4.39 Å². The molecule has 0 spiro atoms. The quantitative estimate of drug-likeness (QED) is 0.574. The average molecular weight is 283 g/mol. The summed E-state index contributed by atoms with van der Waals surface area (Å²) in [5.41, 5.74) is 6.44. The van der Waals surface area contributed by atoms with Crippen molar-refractivity contribution in [3.8, 4) is 0 Å². The van der Waals surface area contributed by atoms with Crippen molar-refractivity contribution in [2.45, 2.75) is 6.92 Å². The van der Waals surface area contributed by atoms with Crippen LogP contribution in [0.1, 0.15) is 5.56 Å². The molecule has 0 bridgehead atoms. The maximum absolute atomic E-state index is 12.9. The molecule has 0 amide bonds. The van der Waals surface area contributed by atoms with Crippen LogP contribution in [-0.2, 0) is 0 Å². The average Bonchev–Trinajstić information content (AvgIpc) is 1.97. The third kappa shape index (κ3) is 1.56. The first-order valence-electron chi connectivity index (χ1n) is 2.93. The molecule has 0 atom stereocenters. The van der Waals surface area contributed by atoms with Crippen molar-refractivity contribution in [1.29, 1.82) is 0 Å². The van der Waals surface area contributed by atoms with Gasteiger partial charge in [0, 0.05) is 15.7 Å². The Morgan fingerprint density at radius 1 is 1.36 bits per heavy atom. The highest BCUT2D eigenvalue weighted by atomic mass is 79.9. The Morgan fingerprint density at radius 3 is 2.45 bits per heavy atom. The van der Waals surface area contributed by atoms with E-state index in [0.29, 0.717) is 20.2 Å². The minimum Gasteiger partial charge on any atom is -0.398 e. The lowest BCUT2D eigenvalue weighted by Crippen LogP contribution is -1.92. The standard InChI is InChI=1S/C7H6Br2FN/c1-3-4(10)2-5(11)7(9)6(3)8/h2H,11H2,1H3. The zero-order valence-electron chi connectivity index (χ0n) is 5.79. The number of hydrogen-bond donors (Lipinski definition) is 1.